The zero-order valence-electron chi connectivity index (χ0n) is 6.96. The zero-order valence-corrected chi connectivity index (χ0v) is 7.72. The van der Waals surface area contributed by atoms with E-state index < -0.39 is 11.1 Å². The average Bonchev–Trinajstić information content (AvgIpc) is 2.18. The Morgan fingerprint density at radius 3 is 2.46 bits per heavy atom. The summed E-state index contributed by atoms with van der Waals surface area (Å²) in [6.45, 7) is 0. The van der Waals surface area contributed by atoms with Crippen LogP contribution in [0.1, 0.15) is 5.56 Å². The van der Waals surface area contributed by atoms with Crippen LogP contribution in [0.3, 0.4) is 0 Å². The van der Waals surface area contributed by atoms with E-state index in [9.17, 15) is 9.18 Å². The van der Waals surface area contributed by atoms with Crippen molar-refractivity contribution in [3.8, 4) is 0 Å². The van der Waals surface area contributed by atoms with Gasteiger partial charge in [-0.1, -0.05) is 41.9 Å². The van der Waals surface area contributed by atoms with Gasteiger partial charge in [0.05, 0.1) is 7.11 Å². The Hall–Kier alpha value is -1.09. The van der Waals surface area contributed by atoms with E-state index in [1.807, 2.05) is 0 Å². The smallest absolute Gasteiger partial charge is 0.364 e. The van der Waals surface area contributed by atoms with Gasteiger partial charge in [0.2, 0.25) is 0 Å². The second-order valence-electron chi connectivity index (χ2n) is 2.43. The summed E-state index contributed by atoms with van der Waals surface area (Å²) in [5.74, 6) is -1.11. The Morgan fingerprint density at radius 1 is 1.46 bits per heavy atom. The Labute approximate surface area is 80.3 Å². The minimum atomic E-state index is -2.59. The molecule has 0 aliphatic rings. The number of hydrogen-bond acceptors (Lipinski definition) is 2. The van der Waals surface area contributed by atoms with Crippen LogP contribution in [0.2, 0.25) is 0 Å². The number of esters is 1. The van der Waals surface area contributed by atoms with E-state index in [0.29, 0.717) is 0 Å². The first-order valence-electron chi connectivity index (χ1n) is 3.61. The molecule has 0 aromatic heterocycles. The molecule has 0 bridgehead atoms. The summed E-state index contributed by atoms with van der Waals surface area (Å²) in [7, 11) is 1.09. The van der Waals surface area contributed by atoms with Crippen molar-refractivity contribution < 1.29 is 13.9 Å². The van der Waals surface area contributed by atoms with Gasteiger partial charge in [0.1, 0.15) is 0 Å². The highest BCUT2D eigenvalue weighted by molar-refractivity contribution is 6.32. The lowest BCUT2D eigenvalue weighted by molar-refractivity contribution is -0.149. The molecule has 1 aromatic rings. The number of methoxy groups -OCH3 is 1. The fourth-order valence-electron chi connectivity index (χ4n) is 0.894. The molecule has 0 radical (unpaired) electrons. The van der Waals surface area contributed by atoms with Gasteiger partial charge in [-0.2, -0.15) is 0 Å². The van der Waals surface area contributed by atoms with Crippen molar-refractivity contribution in [1.29, 1.82) is 0 Å². The van der Waals surface area contributed by atoms with Gasteiger partial charge in [-0.25, -0.2) is 9.18 Å². The number of rotatable bonds is 2. The number of benzene rings is 1. The zero-order chi connectivity index (χ0) is 9.90. The van der Waals surface area contributed by atoms with Crippen LogP contribution in [0.25, 0.3) is 0 Å². The monoisotopic (exact) mass is 202 g/mol. The van der Waals surface area contributed by atoms with Crippen molar-refractivity contribution in [2.75, 3.05) is 7.11 Å². The van der Waals surface area contributed by atoms with Crippen LogP contribution >= 0.6 is 11.6 Å². The van der Waals surface area contributed by atoms with Gasteiger partial charge in [0, 0.05) is 5.56 Å². The van der Waals surface area contributed by atoms with E-state index in [0.717, 1.165) is 7.11 Å². The maximum Gasteiger partial charge on any atom is 0.364 e. The Bertz CT molecular complexity index is 298. The standard InChI is InChI=1S/C9H8ClFO2/c1-13-8(12)9(10,11)7-5-3-2-4-6-7/h2-6H,1H3. The molecule has 0 aliphatic carbocycles. The molecule has 0 N–H and O–H groups in total. The van der Waals surface area contributed by atoms with Gasteiger partial charge in [-0.05, 0) is 0 Å². The number of halogens is 2. The number of hydrogen-bond donors (Lipinski definition) is 0. The lowest BCUT2D eigenvalue weighted by Gasteiger charge is -2.14. The van der Waals surface area contributed by atoms with Crippen LogP contribution < -0.4 is 0 Å². The summed E-state index contributed by atoms with van der Waals surface area (Å²) in [5.41, 5.74) is 0.0727. The Kier molecular flexibility index (Phi) is 2.88. The molecule has 13 heavy (non-hydrogen) atoms. The molecule has 0 spiro atoms. The highest BCUT2D eigenvalue weighted by Crippen LogP contribution is 2.31. The van der Waals surface area contributed by atoms with E-state index in [1.165, 1.54) is 12.1 Å². The molecule has 0 fully saturated rings. The van der Waals surface area contributed by atoms with Crippen LogP contribution in [-0.2, 0) is 14.7 Å². The average molecular weight is 203 g/mol. The molecule has 0 saturated carbocycles. The molecule has 1 unspecified atom stereocenters. The molecule has 0 amide bonds. The Balaban J connectivity index is 3.00. The maximum atomic E-state index is 13.5. The van der Waals surface area contributed by atoms with E-state index >= 15 is 0 Å². The number of carbonyl (C=O) groups is 1. The molecule has 70 valence electrons. The summed E-state index contributed by atoms with van der Waals surface area (Å²) in [6, 6.07) is 7.73. The van der Waals surface area contributed by atoms with Gasteiger partial charge in [-0.15, -0.1) is 0 Å². The molecule has 0 aliphatic heterocycles. The van der Waals surface area contributed by atoms with Crippen molar-refractivity contribution >= 4 is 17.6 Å². The van der Waals surface area contributed by atoms with Crippen LogP contribution in [0, 0.1) is 0 Å². The highest BCUT2D eigenvalue weighted by atomic mass is 35.5. The molecule has 1 rings (SSSR count). The summed E-state index contributed by atoms with van der Waals surface area (Å²) in [4.78, 5) is 10.9. The normalized spacial score (nSPS) is 14.7. The summed E-state index contributed by atoms with van der Waals surface area (Å²) in [5, 5.41) is -2.59. The number of carbonyl (C=O) groups excluding carboxylic acids is 1. The molecule has 0 saturated heterocycles. The predicted molar refractivity (Wildman–Crippen MR) is 47.1 cm³/mol. The highest BCUT2D eigenvalue weighted by Gasteiger charge is 2.39. The molecule has 0 heterocycles. The Morgan fingerprint density at radius 2 is 2.00 bits per heavy atom. The molecular weight excluding hydrogens is 195 g/mol. The van der Waals surface area contributed by atoms with Crippen molar-refractivity contribution in [3.05, 3.63) is 35.9 Å². The number of ether oxygens (including phenoxy) is 1. The fraction of sp³-hybridized carbons (Fsp3) is 0.222. The third-order valence-electron chi connectivity index (χ3n) is 1.58. The first-order valence-corrected chi connectivity index (χ1v) is 3.98. The second-order valence-corrected chi connectivity index (χ2v) is 2.95. The largest absolute Gasteiger partial charge is 0.465 e. The van der Waals surface area contributed by atoms with E-state index in [1.54, 1.807) is 18.2 Å². The van der Waals surface area contributed by atoms with Crippen molar-refractivity contribution in [2.24, 2.45) is 0 Å². The molecule has 2 nitrogen and oxygen atoms in total. The quantitative estimate of drug-likeness (QED) is 0.543. The van der Waals surface area contributed by atoms with Crippen LogP contribution in [0.5, 0.6) is 0 Å². The summed E-state index contributed by atoms with van der Waals surface area (Å²) >= 11 is 5.37. The lowest BCUT2D eigenvalue weighted by Crippen LogP contribution is -2.25. The minimum Gasteiger partial charge on any atom is -0.465 e. The summed E-state index contributed by atoms with van der Waals surface area (Å²) in [6.07, 6.45) is 0. The third kappa shape index (κ3) is 1.98. The first-order chi connectivity index (χ1) is 6.09. The van der Waals surface area contributed by atoms with Crippen molar-refractivity contribution in [1.82, 2.24) is 0 Å². The molecule has 1 aromatic carbocycles. The second kappa shape index (κ2) is 3.75. The molecule has 1 atom stereocenters. The van der Waals surface area contributed by atoms with Gasteiger partial charge in [0.25, 0.3) is 0 Å². The van der Waals surface area contributed by atoms with Crippen LogP contribution in [0.4, 0.5) is 4.39 Å². The van der Waals surface area contributed by atoms with Crippen LogP contribution in [0.15, 0.2) is 30.3 Å². The van der Waals surface area contributed by atoms with Crippen LogP contribution in [-0.4, -0.2) is 13.1 Å². The van der Waals surface area contributed by atoms with Gasteiger partial charge < -0.3 is 4.74 Å². The van der Waals surface area contributed by atoms with E-state index in [-0.39, 0.29) is 5.56 Å². The molecular formula is C9H8ClFO2. The van der Waals surface area contributed by atoms with E-state index in [4.69, 9.17) is 11.6 Å². The minimum absolute atomic E-state index is 0.0727. The maximum absolute atomic E-state index is 13.5. The summed E-state index contributed by atoms with van der Waals surface area (Å²) < 4.78 is 17.7. The first kappa shape index (κ1) is 9.99. The van der Waals surface area contributed by atoms with Gasteiger partial charge in [-0.3, -0.25) is 0 Å². The fourth-order valence-corrected chi connectivity index (χ4v) is 1.10. The van der Waals surface area contributed by atoms with Crippen molar-refractivity contribution in [2.45, 2.75) is 5.13 Å². The third-order valence-corrected chi connectivity index (χ3v) is 1.95. The molecule has 4 heteroatoms. The van der Waals surface area contributed by atoms with Gasteiger partial charge in [0.15, 0.2) is 0 Å². The van der Waals surface area contributed by atoms with Crippen molar-refractivity contribution in [3.63, 3.8) is 0 Å². The van der Waals surface area contributed by atoms with Gasteiger partial charge >= 0.3 is 11.1 Å². The topological polar surface area (TPSA) is 26.3 Å². The predicted octanol–water partition coefficient (Wildman–Crippen LogP) is 2.22. The number of alkyl halides is 2. The lowest BCUT2D eigenvalue weighted by atomic mass is 10.1. The SMILES string of the molecule is COC(=O)C(F)(Cl)c1ccccc1. The van der Waals surface area contributed by atoms with E-state index in [2.05, 4.69) is 4.74 Å².